The number of hydrogen-bond donors (Lipinski definition) is 2. The van der Waals surface area contributed by atoms with Crippen molar-refractivity contribution in [2.24, 2.45) is 0 Å². The Morgan fingerprint density at radius 1 is 0.270 bits per heavy atom. The zero-order valence-electron chi connectivity index (χ0n) is 58.2. The van der Waals surface area contributed by atoms with Gasteiger partial charge >= 0.3 is 0 Å². The van der Waals surface area contributed by atoms with Gasteiger partial charge in [-0.2, -0.15) is 0 Å². The van der Waals surface area contributed by atoms with Gasteiger partial charge in [0.2, 0.25) is 0 Å². The van der Waals surface area contributed by atoms with E-state index >= 15 is 0 Å². The number of benzene rings is 8. The molecule has 5 heterocycles. The molecule has 20 nitrogen and oxygen atoms in total. The molecule has 0 amide bonds. The number of anilines is 4. The van der Waals surface area contributed by atoms with Gasteiger partial charge < -0.3 is 67.5 Å². The number of fused-ring (bicyclic) bond motifs is 20. The van der Waals surface area contributed by atoms with Crippen molar-refractivity contribution in [3.05, 3.63) is 170 Å². The van der Waals surface area contributed by atoms with Gasteiger partial charge in [0.1, 0.15) is 121 Å². The summed E-state index contributed by atoms with van der Waals surface area (Å²) in [6, 6.07) is 56.0. The van der Waals surface area contributed by atoms with E-state index in [2.05, 4.69) is 133 Å². The highest BCUT2D eigenvalue weighted by Gasteiger charge is 2.28. The van der Waals surface area contributed by atoms with E-state index in [1.165, 1.54) is 0 Å². The maximum absolute atomic E-state index is 6.72. The molecule has 2 aliphatic heterocycles. The normalized spacial score (nSPS) is 11.4. The number of aromatic amines is 2. The first-order valence-corrected chi connectivity index (χ1v) is 35.0. The number of hydrogen-bond acceptors (Lipinski definition) is 18. The van der Waals surface area contributed by atoms with Crippen molar-refractivity contribution in [3.8, 4) is 91.5 Å². The molecular weight excluding hydrogens is 1260 g/mol. The fourth-order valence-corrected chi connectivity index (χ4v) is 13.0. The summed E-state index contributed by atoms with van der Waals surface area (Å²) >= 11 is 0. The van der Waals surface area contributed by atoms with Crippen molar-refractivity contribution in [2.75, 3.05) is 125 Å². The zero-order chi connectivity index (χ0) is 68.9. The van der Waals surface area contributed by atoms with E-state index in [1.807, 2.05) is 121 Å². The van der Waals surface area contributed by atoms with Crippen LogP contribution in [0, 0.1) is 0 Å². The summed E-state index contributed by atoms with van der Waals surface area (Å²) in [7, 11) is 0. The lowest BCUT2D eigenvalue weighted by molar-refractivity contribution is 0.218. The molecule has 11 aromatic rings. The van der Waals surface area contributed by atoms with E-state index in [-0.39, 0.29) is 52.9 Å². The largest absolute Gasteiger partial charge is 0.490 e. The molecule has 0 radical (unpaired) electrons. The summed E-state index contributed by atoms with van der Waals surface area (Å²) < 4.78 is 52.2. The first kappa shape index (κ1) is 67.3. The van der Waals surface area contributed by atoms with Gasteiger partial charge in [0.05, 0.1) is 21.9 Å². The standard InChI is InChI=1S/C80H86N12O8/c1-9-89(10-2)53-25-17-29-57(49-53)93-41-45-97-65-37-21-33-61-69(65)77-81-73(61)86-78-71-63(35-23-39-67(71)99-47-43-95-59-31-19-27-55(51-59)91(13-5)14-6)75(83-78)88-80-72-64(36-24-40-68(72)100-48-44-96-60-32-20-28-56(52-60)92(15-7)16-8)76(84-80)87-79-70-62(74(82-79)85-77)34-22-38-66(70)98-46-42-94-58-30-18-26-54(50-58)90(11-3)12-4/h17-40,49-52H,9-16,41-48H2,1-8H3,(H2,81,82,83,84,85,86,87,88). The molecule has 0 spiro atoms. The van der Waals surface area contributed by atoms with Gasteiger partial charge in [0, 0.05) is 121 Å². The minimum absolute atomic E-state index is 0.221. The number of nitrogens with one attached hydrogen (secondary N) is 2. The molecule has 0 saturated carbocycles. The van der Waals surface area contributed by atoms with Gasteiger partial charge in [0.25, 0.3) is 0 Å². The number of nitrogens with zero attached hydrogens (tertiary/aromatic N) is 10. The number of rotatable bonds is 32. The number of ether oxygens (including phenoxy) is 8. The van der Waals surface area contributed by atoms with Crippen LogP contribution in [0.4, 0.5) is 22.7 Å². The van der Waals surface area contributed by atoms with Crippen LogP contribution >= 0.6 is 0 Å². The molecule has 0 unspecified atom stereocenters. The third kappa shape index (κ3) is 14.6. The molecule has 2 aliphatic rings. The number of aromatic nitrogens is 8. The van der Waals surface area contributed by atoms with E-state index in [0.29, 0.717) is 102 Å². The van der Waals surface area contributed by atoms with Crippen LogP contribution in [0.5, 0.6) is 46.0 Å². The summed E-state index contributed by atoms with van der Waals surface area (Å²) in [5.74, 6) is 6.68. The quantitative estimate of drug-likeness (QED) is 0.0377. The minimum atomic E-state index is 0.221. The van der Waals surface area contributed by atoms with E-state index in [1.54, 1.807) is 0 Å². The second kappa shape index (κ2) is 31.5. The second-order valence-electron chi connectivity index (χ2n) is 23.8. The Bertz CT molecular complexity index is 4530. The SMILES string of the molecule is CCN(CC)c1cccc(OCCOc2cccc3c2-c2nc-3nc3[nH]c(nc4nc(nc5[nH]c(n2)c2cccc(OCCOc6cccc(N(CC)CC)c6)c52)-c2cccc(OCCOc5cccc(N(CC)CC)c5)c2-4)c2cccc(OCCOc4cccc(N(CC)CC)c4)c32)c1. The first-order chi connectivity index (χ1) is 49.2. The van der Waals surface area contributed by atoms with Crippen molar-refractivity contribution in [1.82, 2.24) is 39.9 Å². The fraction of sp³-hybridized carbons (Fsp3) is 0.300. The lowest BCUT2D eigenvalue weighted by Crippen LogP contribution is -2.21. The Morgan fingerprint density at radius 2 is 0.540 bits per heavy atom. The summed E-state index contributed by atoms with van der Waals surface area (Å²) in [5.41, 5.74) is 8.86. The molecule has 514 valence electrons. The third-order valence-electron chi connectivity index (χ3n) is 18.0. The van der Waals surface area contributed by atoms with Crippen molar-refractivity contribution in [2.45, 2.75) is 55.4 Å². The monoisotopic (exact) mass is 1340 g/mol. The van der Waals surface area contributed by atoms with E-state index in [4.69, 9.17) is 67.8 Å². The smallest absolute Gasteiger partial charge is 0.168 e. The Balaban J connectivity index is 0.937. The average molecular weight is 1340 g/mol. The maximum atomic E-state index is 6.72. The molecule has 8 bridgehead atoms. The van der Waals surface area contributed by atoms with E-state index in [0.717, 1.165) is 109 Å². The summed E-state index contributed by atoms with van der Waals surface area (Å²) in [5, 5.41) is 2.78. The van der Waals surface area contributed by atoms with Crippen LogP contribution < -0.4 is 57.5 Å². The van der Waals surface area contributed by atoms with Gasteiger partial charge in [-0.3, -0.25) is 0 Å². The van der Waals surface area contributed by atoms with E-state index < -0.39 is 0 Å². The van der Waals surface area contributed by atoms with Crippen molar-refractivity contribution < 1.29 is 37.9 Å². The first-order valence-electron chi connectivity index (χ1n) is 35.0. The topological polar surface area (TPSA) is 196 Å². The maximum Gasteiger partial charge on any atom is 0.168 e. The van der Waals surface area contributed by atoms with E-state index in [9.17, 15) is 0 Å². The summed E-state index contributed by atoms with van der Waals surface area (Å²) in [4.78, 5) is 48.8. The fourth-order valence-electron chi connectivity index (χ4n) is 13.0. The average Bonchev–Trinajstić information content (AvgIpc) is 1.59. The van der Waals surface area contributed by atoms with Gasteiger partial charge in [-0.05, 0) is 128 Å². The molecule has 0 saturated heterocycles. The zero-order valence-corrected chi connectivity index (χ0v) is 58.2. The molecule has 100 heavy (non-hydrogen) atoms. The van der Waals surface area contributed by atoms with Gasteiger partial charge in [0.15, 0.2) is 23.3 Å². The Labute approximate surface area is 583 Å². The van der Waals surface area contributed by atoms with Crippen LogP contribution in [0.2, 0.25) is 0 Å². The molecule has 3 aromatic heterocycles. The highest BCUT2D eigenvalue weighted by Crippen LogP contribution is 2.45. The summed E-state index contributed by atoms with van der Waals surface area (Å²) in [6.07, 6.45) is 0. The Hall–Kier alpha value is -11.3. The number of H-pyrrole nitrogens is 2. The Morgan fingerprint density at radius 3 is 0.860 bits per heavy atom. The van der Waals surface area contributed by atoms with Crippen molar-refractivity contribution in [3.63, 3.8) is 0 Å². The highest BCUT2D eigenvalue weighted by molar-refractivity contribution is 6.10. The van der Waals surface area contributed by atoms with Crippen LogP contribution in [0.1, 0.15) is 55.4 Å². The molecule has 0 fully saturated rings. The molecule has 2 N–H and O–H groups in total. The van der Waals surface area contributed by atoms with Crippen molar-refractivity contribution >= 4 is 66.9 Å². The molecule has 20 heteroatoms. The van der Waals surface area contributed by atoms with Crippen LogP contribution in [-0.2, 0) is 0 Å². The van der Waals surface area contributed by atoms with Crippen LogP contribution in [0.25, 0.3) is 89.7 Å². The molecule has 13 rings (SSSR count). The third-order valence-corrected chi connectivity index (χ3v) is 18.0. The van der Waals surface area contributed by atoms with Crippen LogP contribution in [0.3, 0.4) is 0 Å². The second-order valence-corrected chi connectivity index (χ2v) is 23.8. The van der Waals surface area contributed by atoms with Crippen LogP contribution in [-0.4, -0.2) is 145 Å². The molecule has 8 aromatic carbocycles. The minimum Gasteiger partial charge on any atom is -0.490 e. The summed E-state index contributed by atoms with van der Waals surface area (Å²) in [6.45, 7) is 26.3. The predicted octanol–water partition coefficient (Wildman–Crippen LogP) is 16.1. The van der Waals surface area contributed by atoms with Gasteiger partial charge in [-0.25, -0.2) is 29.9 Å². The highest BCUT2D eigenvalue weighted by atomic mass is 16.5. The van der Waals surface area contributed by atoms with Crippen molar-refractivity contribution in [1.29, 1.82) is 0 Å². The molecule has 0 aliphatic carbocycles. The lowest BCUT2D eigenvalue weighted by atomic mass is 10.1. The molecule has 0 atom stereocenters. The lowest BCUT2D eigenvalue weighted by Gasteiger charge is -2.21. The van der Waals surface area contributed by atoms with Crippen LogP contribution in [0.15, 0.2) is 170 Å². The molecular formula is C80H86N12O8. The van der Waals surface area contributed by atoms with Gasteiger partial charge in [-0.15, -0.1) is 0 Å². The van der Waals surface area contributed by atoms with Gasteiger partial charge in [-0.1, -0.05) is 72.8 Å². The Kier molecular flexibility index (Phi) is 21.2. The predicted molar refractivity (Wildman–Crippen MR) is 400 cm³/mol.